The predicted molar refractivity (Wildman–Crippen MR) is 76.2 cm³/mol. The van der Waals surface area contributed by atoms with Crippen molar-refractivity contribution in [2.75, 3.05) is 0 Å². The van der Waals surface area contributed by atoms with Gasteiger partial charge in [-0.3, -0.25) is 4.79 Å². The number of rotatable bonds is 3. The Bertz CT molecular complexity index is 806. The summed E-state index contributed by atoms with van der Waals surface area (Å²) in [6.07, 6.45) is -0.361. The minimum absolute atomic E-state index is 0.136. The fourth-order valence-corrected chi connectivity index (χ4v) is 2.19. The van der Waals surface area contributed by atoms with Crippen LogP contribution >= 0.6 is 0 Å². The van der Waals surface area contributed by atoms with Gasteiger partial charge in [-0.2, -0.15) is 0 Å². The van der Waals surface area contributed by atoms with Gasteiger partial charge in [0.1, 0.15) is 17.3 Å². The summed E-state index contributed by atoms with van der Waals surface area (Å²) in [5.74, 6) is -0.999. The van der Waals surface area contributed by atoms with Gasteiger partial charge in [-0.1, -0.05) is 12.1 Å². The summed E-state index contributed by atoms with van der Waals surface area (Å²) >= 11 is 0. The van der Waals surface area contributed by atoms with Crippen LogP contribution in [0.15, 0.2) is 36.4 Å². The van der Waals surface area contributed by atoms with Gasteiger partial charge >= 0.3 is 5.97 Å². The van der Waals surface area contributed by atoms with E-state index in [0.717, 1.165) is 11.0 Å². The van der Waals surface area contributed by atoms with E-state index in [4.69, 9.17) is 5.11 Å². The lowest BCUT2D eigenvalue weighted by Crippen LogP contribution is -2.00. The summed E-state index contributed by atoms with van der Waals surface area (Å²) < 4.78 is 0. The lowest BCUT2D eigenvalue weighted by molar-refractivity contribution is -0.136. The zero-order chi connectivity index (χ0) is 15.0. The smallest absolute Gasteiger partial charge is 0.307 e. The van der Waals surface area contributed by atoms with Crippen LogP contribution in [0.2, 0.25) is 0 Å². The molecule has 0 aliphatic carbocycles. The van der Waals surface area contributed by atoms with Crippen LogP contribution in [0.3, 0.4) is 0 Å². The first-order valence-corrected chi connectivity index (χ1v) is 6.26. The number of nitrogens with zero attached hydrogens (tertiary/aromatic N) is 1. The second-order valence-corrected chi connectivity index (χ2v) is 4.67. The van der Waals surface area contributed by atoms with Crippen molar-refractivity contribution in [3.8, 4) is 22.9 Å². The van der Waals surface area contributed by atoms with E-state index in [-0.39, 0.29) is 23.5 Å². The molecule has 3 aromatic rings. The molecular weight excluding hydrogens is 272 g/mol. The second-order valence-electron chi connectivity index (χ2n) is 4.67. The van der Waals surface area contributed by atoms with E-state index in [1.165, 1.54) is 12.1 Å². The first-order chi connectivity index (χ1) is 10.0. The van der Waals surface area contributed by atoms with Crippen molar-refractivity contribution < 1.29 is 20.1 Å². The largest absolute Gasteiger partial charge is 0.508 e. The molecule has 106 valence electrons. The number of fused-ring (bicyclic) bond motifs is 1. The van der Waals surface area contributed by atoms with E-state index < -0.39 is 5.97 Å². The average Bonchev–Trinajstić information content (AvgIpc) is 2.85. The average molecular weight is 284 g/mol. The molecule has 1 aromatic heterocycles. The second kappa shape index (κ2) is 4.82. The molecule has 0 unspecified atom stereocenters. The number of aliphatic carboxylic acids is 1. The zero-order valence-corrected chi connectivity index (χ0v) is 10.9. The first-order valence-electron chi connectivity index (χ1n) is 6.26. The van der Waals surface area contributed by atoms with E-state index in [2.05, 4.69) is 9.97 Å². The van der Waals surface area contributed by atoms with Crippen LogP contribution in [0.25, 0.3) is 22.4 Å². The topological polar surface area (TPSA) is 106 Å². The van der Waals surface area contributed by atoms with Crippen molar-refractivity contribution in [3.05, 3.63) is 42.0 Å². The molecule has 0 aliphatic heterocycles. The Balaban J connectivity index is 2.09. The molecule has 0 radical (unpaired) electrons. The van der Waals surface area contributed by atoms with E-state index in [9.17, 15) is 15.0 Å². The summed E-state index contributed by atoms with van der Waals surface area (Å²) in [6, 6.07) is 9.93. The van der Waals surface area contributed by atoms with E-state index in [0.29, 0.717) is 11.4 Å². The van der Waals surface area contributed by atoms with Gasteiger partial charge in [0.2, 0.25) is 0 Å². The highest BCUT2D eigenvalue weighted by Crippen LogP contribution is 2.34. The van der Waals surface area contributed by atoms with Gasteiger partial charge in [-0.15, -0.1) is 0 Å². The quantitative estimate of drug-likeness (QED) is 0.552. The zero-order valence-electron chi connectivity index (χ0n) is 10.9. The molecular formula is C15H12N2O4. The Morgan fingerprint density at radius 2 is 1.90 bits per heavy atom. The molecule has 3 rings (SSSR count). The Morgan fingerprint density at radius 3 is 2.62 bits per heavy atom. The summed E-state index contributed by atoms with van der Waals surface area (Å²) in [5, 5.41) is 28.7. The van der Waals surface area contributed by atoms with Gasteiger partial charge in [-0.25, -0.2) is 4.98 Å². The number of imidazole rings is 1. The first kappa shape index (κ1) is 13.0. The number of H-pyrrole nitrogens is 1. The highest BCUT2D eigenvalue weighted by atomic mass is 16.4. The third-order valence-corrected chi connectivity index (χ3v) is 3.18. The number of hydrogen-bond acceptors (Lipinski definition) is 4. The number of aromatic amines is 1. The standard InChI is InChI=1S/C15H12N2O4/c18-12-7-9(13(19)5-8(12)6-14(20)21)15-16-10-3-1-2-4-11(10)17-15/h1-5,7,18-19H,6H2,(H,16,17)(H,20,21). The number of carboxylic acids is 1. The van der Waals surface area contributed by atoms with Crippen LogP contribution in [0.1, 0.15) is 5.56 Å². The van der Waals surface area contributed by atoms with Crippen molar-refractivity contribution >= 4 is 17.0 Å². The Hall–Kier alpha value is -3.02. The van der Waals surface area contributed by atoms with Gasteiger partial charge < -0.3 is 20.3 Å². The van der Waals surface area contributed by atoms with Crippen LogP contribution < -0.4 is 0 Å². The van der Waals surface area contributed by atoms with E-state index in [1.807, 2.05) is 24.3 Å². The molecule has 6 nitrogen and oxygen atoms in total. The molecule has 4 N–H and O–H groups in total. The van der Waals surface area contributed by atoms with Crippen molar-refractivity contribution in [1.29, 1.82) is 0 Å². The molecule has 0 spiro atoms. The van der Waals surface area contributed by atoms with Crippen LogP contribution in [0.5, 0.6) is 11.5 Å². The molecule has 0 saturated heterocycles. The molecule has 0 fully saturated rings. The Kier molecular flexibility index (Phi) is 2.98. The summed E-state index contributed by atoms with van der Waals surface area (Å²) in [7, 11) is 0. The number of nitrogens with one attached hydrogen (secondary N) is 1. The predicted octanol–water partition coefficient (Wildman–Crippen LogP) is 2.27. The molecule has 2 aromatic carbocycles. The fraction of sp³-hybridized carbons (Fsp3) is 0.0667. The molecule has 0 amide bonds. The molecule has 0 bridgehead atoms. The van der Waals surface area contributed by atoms with Crippen molar-refractivity contribution in [2.45, 2.75) is 6.42 Å². The molecule has 6 heteroatoms. The maximum absolute atomic E-state index is 10.7. The SMILES string of the molecule is O=C(O)Cc1cc(O)c(-c2nc3ccccc3[nH]2)cc1O. The van der Waals surface area contributed by atoms with Crippen LogP contribution in [-0.4, -0.2) is 31.3 Å². The third-order valence-electron chi connectivity index (χ3n) is 3.18. The summed E-state index contributed by atoms with van der Waals surface area (Å²) in [4.78, 5) is 18.1. The van der Waals surface area contributed by atoms with E-state index >= 15 is 0 Å². The maximum Gasteiger partial charge on any atom is 0.307 e. The van der Waals surface area contributed by atoms with Crippen molar-refractivity contribution in [2.24, 2.45) is 0 Å². The lowest BCUT2D eigenvalue weighted by Gasteiger charge is -2.07. The number of aromatic nitrogens is 2. The minimum atomic E-state index is -1.08. The number of para-hydroxylation sites is 2. The number of aromatic hydroxyl groups is 2. The van der Waals surface area contributed by atoms with Crippen LogP contribution in [-0.2, 0) is 11.2 Å². The number of carbonyl (C=O) groups is 1. The van der Waals surface area contributed by atoms with Gasteiger partial charge in [0, 0.05) is 5.56 Å². The van der Waals surface area contributed by atoms with Crippen molar-refractivity contribution in [3.63, 3.8) is 0 Å². The minimum Gasteiger partial charge on any atom is -0.508 e. The number of phenols is 2. The van der Waals surface area contributed by atoms with Gasteiger partial charge in [0.05, 0.1) is 23.0 Å². The lowest BCUT2D eigenvalue weighted by atomic mass is 10.1. The monoisotopic (exact) mass is 284 g/mol. The van der Waals surface area contributed by atoms with Crippen LogP contribution in [0.4, 0.5) is 0 Å². The highest BCUT2D eigenvalue weighted by molar-refractivity contribution is 5.81. The summed E-state index contributed by atoms with van der Waals surface area (Å²) in [5.41, 5.74) is 2.01. The molecule has 21 heavy (non-hydrogen) atoms. The molecule has 1 heterocycles. The number of hydrogen-bond donors (Lipinski definition) is 4. The number of benzene rings is 2. The van der Waals surface area contributed by atoms with Gasteiger partial charge in [-0.05, 0) is 24.3 Å². The molecule has 0 saturated carbocycles. The Morgan fingerprint density at radius 1 is 1.14 bits per heavy atom. The van der Waals surface area contributed by atoms with Gasteiger partial charge in [0.25, 0.3) is 0 Å². The van der Waals surface area contributed by atoms with Gasteiger partial charge in [0.15, 0.2) is 0 Å². The van der Waals surface area contributed by atoms with Crippen molar-refractivity contribution in [1.82, 2.24) is 9.97 Å². The summed E-state index contributed by atoms with van der Waals surface area (Å²) in [6.45, 7) is 0. The number of phenolic OH excluding ortho intramolecular Hbond substituents is 2. The maximum atomic E-state index is 10.7. The highest BCUT2D eigenvalue weighted by Gasteiger charge is 2.15. The molecule has 0 aliphatic rings. The van der Waals surface area contributed by atoms with Crippen LogP contribution in [0, 0.1) is 0 Å². The van der Waals surface area contributed by atoms with E-state index in [1.54, 1.807) is 0 Å². The number of carboxylic acid groups (broad SMARTS) is 1. The fourth-order valence-electron chi connectivity index (χ4n) is 2.19. The Labute approximate surface area is 119 Å². The molecule has 0 atom stereocenters. The normalized spacial score (nSPS) is 10.9. The third kappa shape index (κ3) is 2.38.